The van der Waals surface area contributed by atoms with E-state index in [1.807, 2.05) is 35.0 Å². The topological polar surface area (TPSA) is 46.9 Å². The quantitative estimate of drug-likeness (QED) is 0.859. The van der Waals surface area contributed by atoms with Gasteiger partial charge >= 0.3 is 0 Å². The average molecular weight is 265 g/mol. The van der Waals surface area contributed by atoms with E-state index in [4.69, 9.17) is 6.42 Å². The predicted molar refractivity (Wildman–Crippen MR) is 76.8 cm³/mol. The molecule has 0 fully saturated rings. The highest BCUT2D eigenvalue weighted by atomic mass is 16.1. The number of terminal acetylenes is 1. The van der Waals surface area contributed by atoms with Crippen LogP contribution in [0.3, 0.4) is 0 Å². The number of nitrogens with one attached hydrogen (secondary N) is 1. The van der Waals surface area contributed by atoms with Crippen LogP contribution >= 0.6 is 0 Å². The Morgan fingerprint density at radius 3 is 2.90 bits per heavy atom. The van der Waals surface area contributed by atoms with Crippen LogP contribution in [0.5, 0.6) is 0 Å². The van der Waals surface area contributed by atoms with Crippen molar-refractivity contribution in [1.82, 2.24) is 15.1 Å². The number of amides is 1. The molecule has 0 aliphatic heterocycles. The molecule has 1 aromatic carbocycles. The van der Waals surface area contributed by atoms with Crippen LogP contribution in [0.4, 0.5) is 0 Å². The predicted octanol–water partition coefficient (Wildman–Crippen LogP) is 1.72. The largest absolute Gasteiger partial charge is 0.340 e. The fourth-order valence-electron chi connectivity index (χ4n) is 2.62. The second-order valence-corrected chi connectivity index (χ2v) is 4.76. The zero-order chi connectivity index (χ0) is 13.9. The highest BCUT2D eigenvalue weighted by Crippen LogP contribution is 2.27. The molecule has 0 atom stereocenters. The van der Waals surface area contributed by atoms with E-state index in [0.29, 0.717) is 5.69 Å². The molecule has 20 heavy (non-hydrogen) atoms. The smallest absolute Gasteiger partial charge is 0.272 e. The molecule has 0 saturated heterocycles. The first-order valence-electron chi connectivity index (χ1n) is 6.69. The summed E-state index contributed by atoms with van der Waals surface area (Å²) < 4.78 is 1.88. The summed E-state index contributed by atoms with van der Waals surface area (Å²) >= 11 is 0. The van der Waals surface area contributed by atoms with Gasteiger partial charge in [0.1, 0.15) is 0 Å². The maximum atomic E-state index is 12.1. The van der Waals surface area contributed by atoms with Crippen molar-refractivity contribution >= 4 is 5.91 Å². The second kappa shape index (κ2) is 5.22. The summed E-state index contributed by atoms with van der Waals surface area (Å²) in [6, 6.07) is 9.89. The molecule has 2 aromatic rings. The van der Waals surface area contributed by atoms with Gasteiger partial charge in [-0.1, -0.05) is 24.1 Å². The molecular formula is C16H15N3O. The number of nitrogens with zero attached hydrogens (tertiary/aromatic N) is 2. The average Bonchev–Trinajstić information content (AvgIpc) is 3.07. The third kappa shape index (κ3) is 2.08. The normalized spacial score (nSPS) is 12.8. The van der Waals surface area contributed by atoms with Crippen LogP contribution in [-0.4, -0.2) is 22.2 Å². The van der Waals surface area contributed by atoms with Crippen molar-refractivity contribution in [2.75, 3.05) is 6.54 Å². The molecule has 0 saturated carbocycles. The summed E-state index contributed by atoms with van der Waals surface area (Å²) in [6.45, 7) is 0.228. The van der Waals surface area contributed by atoms with Crippen molar-refractivity contribution in [3.05, 3.63) is 47.3 Å². The Hall–Kier alpha value is -2.54. The van der Waals surface area contributed by atoms with E-state index in [9.17, 15) is 4.79 Å². The molecule has 1 amide bonds. The Balaban J connectivity index is 2.02. The maximum absolute atomic E-state index is 12.1. The van der Waals surface area contributed by atoms with Gasteiger partial charge in [0.25, 0.3) is 5.91 Å². The van der Waals surface area contributed by atoms with Gasteiger partial charge in [0.15, 0.2) is 5.69 Å². The van der Waals surface area contributed by atoms with Crippen molar-refractivity contribution in [3.8, 4) is 18.0 Å². The first kappa shape index (κ1) is 12.5. The van der Waals surface area contributed by atoms with Gasteiger partial charge in [0.2, 0.25) is 0 Å². The summed E-state index contributed by atoms with van der Waals surface area (Å²) in [4.78, 5) is 12.1. The Bertz CT molecular complexity index is 680. The lowest BCUT2D eigenvalue weighted by atomic mass is 10.2. The number of aromatic nitrogens is 2. The standard InChI is InChI=1S/C16H15N3O/c1-2-11-17-16(20)15-13-9-6-10-14(13)19(18-15)12-7-4-3-5-8-12/h1,3-5,7-8H,6,9-11H2,(H,17,20). The van der Waals surface area contributed by atoms with Gasteiger partial charge in [-0.2, -0.15) is 5.10 Å². The monoisotopic (exact) mass is 265 g/mol. The third-order valence-corrected chi connectivity index (χ3v) is 3.50. The number of carbonyl (C=O) groups is 1. The van der Waals surface area contributed by atoms with Crippen LogP contribution in [0, 0.1) is 12.3 Å². The van der Waals surface area contributed by atoms with Crippen LogP contribution in [-0.2, 0) is 12.8 Å². The van der Waals surface area contributed by atoms with Crippen molar-refractivity contribution in [2.24, 2.45) is 0 Å². The van der Waals surface area contributed by atoms with Gasteiger partial charge in [-0.05, 0) is 31.4 Å². The number of rotatable bonds is 3. The lowest BCUT2D eigenvalue weighted by molar-refractivity contribution is 0.0952. The fraction of sp³-hybridized carbons (Fsp3) is 0.250. The summed E-state index contributed by atoms with van der Waals surface area (Å²) in [5, 5.41) is 7.18. The Kier molecular flexibility index (Phi) is 3.26. The third-order valence-electron chi connectivity index (χ3n) is 3.50. The van der Waals surface area contributed by atoms with Gasteiger partial charge in [0.05, 0.1) is 12.2 Å². The Labute approximate surface area is 117 Å². The van der Waals surface area contributed by atoms with E-state index in [1.54, 1.807) is 0 Å². The Morgan fingerprint density at radius 2 is 2.15 bits per heavy atom. The van der Waals surface area contributed by atoms with Crippen molar-refractivity contribution in [3.63, 3.8) is 0 Å². The molecule has 0 radical (unpaired) electrons. The summed E-state index contributed by atoms with van der Waals surface area (Å²) in [6.07, 6.45) is 8.10. The van der Waals surface area contributed by atoms with Gasteiger partial charge in [-0.3, -0.25) is 4.79 Å². The van der Waals surface area contributed by atoms with Crippen LogP contribution in [0.15, 0.2) is 30.3 Å². The molecule has 1 aliphatic rings. The number of carbonyl (C=O) groups excluding carboxylic acids is 1. The minimum absolute atomic E-state index is 0.184. The van der Waals surface area contributed by atoms with Crippen LogP contribution < -0.4 is 5.32 Å². The fourth-order valence-corrected chi connectivity index (χ4v) is 2.62. The van der Waals surface area contributed by atoms with Crippen molar-refractivity contribution in [2.45, 2.75) is 19.3 Å². The van der Waals surface area contributed by atoms with E-state index >= 15 is 0 Å². The number of para-hydroxylation sites is 1. The minimum atomic E-state index is -0.184. The van der Waals surface area contributed by atoms with Crippen molar-refractivity contribution in [1.29, 1.82) is 0 Å². The number of fused-ring (bicyclic) bond motifs is 1. The molecule has 4 heteroatoms. The van der Waals surface area contributed by atoms with E-state index in [1.165, 1.54) is 0 Å². The van der Waals surface area contributed by atoms with Crippen LogP contribution in [0.1, 0.15) is 28.2 Å². The zero-order valence-corrected chi connectivity index (χ0v) is 11.1. The highest BCUT2D eigenvalue weighted by Gasteiger charge is 2.26. The van der Waals surface area contributed by atoms with E-state index < -0.39 is 0 Å². The Morgan fingerprint density at radius 1 is 1.35 bits per heavy atom. The van der Waals surface area contributed by atoms with Gasteiger partial charge in [-0.15, -0.1) is 6.42 Å². The number of hydrogen-bond acceptors (Lipinski definition) is 2. The first-order chi connectivity index (χ1) is 9.81. The van der Waals surface area contributed by atoms with Crippen molar-refractivity contribution < 1.29 is 4.79 Å². The summed E-state index contributed by atoms with van der Waals surface area (Å²) in [5.74, 6) is 2.22. The maximum Gasteiger partial charge on any atom is 0.272 e. The number of hydrogen-bond donors (Lipinski definition) is 1. The molecule has 0 bridgehead atoms. The molecule has 4 nitrogen and oxygen atoms in total. The minimum Gasteiger partial charge on any atom is -0.340 e. The molecular weight excluding hydrogens is 250 g/mol. The van der Waals surface area contributed by atoms with Crippen LogP contribution in [0.2, 0.25) is 0 Å². The molecule has 0 unspecified atom stereocenters. The van der Waals surface area contributed by atoms with E-state index in [2.05, 4.69) is 16.3 Å². The SMILES string of the molecule is C#CCNC(=O)c1nn(-c2ccccc2)c2c1CCC2. The lowest BCUT2D eigenvalue weighted by Crippen LogP contribution is -2.25. The van der Waals surface area contributed by atoms with Gasteiger partial charge in [-0.25, -0.2) is 4.68 Å². The van der Waals surface area contributed by atoms with Gasteiger partial charge < -0.3 is 5.32 Å². The van der Waals surface area contributed by atoms with E-state index in [0.717, 1.165) is 36.2 Å². The molecule has 1 aliphatic carbocycles. The molecule has 1 aromatic heterocycles. The van der Waals surface area contributed by atoms with Crippen LogP contribution in [0.25, 0.3) is 5.69 Å². The lowest BCUT2D eigenvalue weighted by Gasteiger charge is -2.04. The zero-order valence-electron chi connectivity index (χ0n) is 11.1. The molecule has 100 valence electrons. The van der Waals surface area contributed by atoms with Gasteiger partial charge in [0, 0.05) is 11.3 Å². The molecule has 1 N–H and O–H groups in total. The summed E-state index contributed by atoms with van der Waals surface area (Å²) in [5.41, 5.74) is 3.70. The first-order valence-corrected chi connectivity index (χ1v) is 6.69. The molecule has 1 heterocycles. The summed E-state index contributed by atoms with van der Waals surface area (Å²) in [7, 11) is 0. The molecule has 0 spiro atoms. The second-order valence-electron chi connectivity index (χ2n) is 4.76. The molecule has 3 rings (SSSR count). The number of benzene rings is 1. The highest BCUT2D eigenvalue weighted by molar-refractivity contribution is 5.94. The van der Waals surface area contributed by atoms with E-state index in [-0.39, 0.29) is 12.5 Å².